The molecule has 4 rings (SSSR count). The second kappa shape index (κ2) is 11.0. The lowest BCUT2D eigenvalue weighted by Crippen LogP contribution is -2.30. The van der Waals surface area contributed by atoms with E-state index in [1.165, 1.54) is 40.6 Å². The minimum atomic E-state index is 0.456. The maximum atomic E-state index is 6.46. The zero-order chi connectivity index (χ0) is 24.1. The molecule has 0 aliphatic carbocycles. The molecular formula is C31H35ClN2. The standard InChI is InChI=1S/C31H35ClN2/c1-5-22(3)18-26(6-2)33-23(4)20-34-21-30(29-19-25(32)16-17-31(29)34)28-15-11-10-14-27(28)24-12-8-7-9-13-24/h7-17,19,21-22,26,33H,4-6,18,20H2,1-3H3. The predicted octanol–water partition coefficient (Wildman–Crippen LogP) is 8.95. The van der Waals surface area contributed by atoms with Gasteiger partial charge in [-0.3, -0.25) is 0 Å². The Morgan fingerprint density at radius 3 is 2.32 bits per heavy atom. The van der Waals surface area contributed by atoms with Gasteiger partial charge in [-0.15, -0.1) is 0 Å². The van der Waals surface area contributed by atoms with Crippen molar-refractivity contribution in [2.45, 2.75) is 52.6 Å². The second-order valence-corrected chi connectivity index (χ2v) is 9.78. The summed E-state index contributed by atoms with van der Waals surface area (Å²) in [6.45, 7) is 11.9. The average molecular weight is 471 g/mol. The van der Waals surface area contributed by atoms with Crippen LogP contribution < -0.4 is 5.32 Å². The van der Waals surface area contributed by atoms with Crippen LogP contribution in [0.2, 0.25) is 5.02 Å². The molecule has 1 heterocycles. The molecule has 0 bridgehead atoms. The third-order valence-corrected chi connectivity index (χ3v) is 7.03. The van der Waals surface area contributed by atoms with Gasteiger partial charge >= 0.3 is 0 Å². The van der Waals surface area contributed by atoms with Gasteiger partial charge in [-0.05, 0) is 53.6 Å². The van der Waals surface area contributed by atoms with E-state index < -0.39 is 0 Å². The van der Waals surface area contributed by atoms with E-state index in [4.69, 9.17) is 11.6 Å². The van der Waals surface area contributed by atoms with Crippen LogP contribution in [0.25, 0.3) is 33.2 Å². The number of allylic oxidation sites excluding steroid dienone is 1. The molecule has 3 aromatic carbocycles. The molecule has 0 aliphatic heterocycles. The Labute approximate surface area is 209 Å². The monoisotopic (exact) mass is 470 g/mol. The van der Waals surface area contributed by atoms with E-state index in [0.717, 1.165) is 29.1 Å². The van der Waals surface area contributed by atoms with Crippen LogP contribution in [-0.2, 0) is 6.54 Å². The molecule has 0 saturated carbocycles. The Morgan fingerprint density at radius 1 is 0.912 bits per heavy atom. The highest BCUT2D eigenvalue weighted by Crippen LogP contribution is 2.38. The molecule has 0 spiro atoms. The molecular weight excluding hydrogens is 436 g/mol. The lowest BCUT2D eigenvalue weighted by Gasteiger charge is -2.23. The first-order valence-electron chi connectivity index (χ1n) is 12.4. The normalized spacial score (nSPS) is 13.1. The number of fused-ring (bicyclic) bond motifs is 1. The average Bonchev–Trinajstić information content (AvgIpc) is 3.20. The van der Waals surface area contributed by atoms with Gasteiger partial charge in [0, 0.05) is 39.4 Å². The fourth-order valence-electron chi connectivity index (χ4n) is 4.72. The number of halogens is 1. The largest absolute Gasteiger partial charge is 0.385 e. The fraction of sp³-hybridized carbons (Fsp3) is 0.290. The van der Waals surface area contributed by atoms with Crippen LogP contribution in [0.5, 0.6) is 0 Å². The Balaban J connectivity index is 1.71. The molecule has 34 heavy (non-hydrogen) atoms. The lowest BCUT2D eigenvalue weighted by molar-refractivity contribution is 0.401. The van der Waals surface area contributed by atoms with Crippen molar-refractivity contribution in [3.8, 4) is 22.3 Å². The first-order chi connectivity index (χ1) is 16.5. The molecule has 1 N–H and O–H groups in total. The van der Waals surface area contributed by atoms with Crippen molar-refractivity contribution < 1.29 is 0 Å². The first-order valence-corrected chi connectivity index (χ1v) is 12.8. The molecule has 2 nitrogen and oxygen atoms in total. The highest BCUT2D eigenvalue weighted by Gasteiger charge is 2.16. The molecule has 4 aromatic rings. The number of nitrogens with one attached hydrogen (secondary N) is 1. The van der Waals surface area contributed by atoms with Gasteiger partial charge in [0.1, 0.15) is 0 Å². The topological polar surface area (TPSA) is 17.0 Å². The van der Waals surface area contributed by atoms with Gasteiger partial charge in [0.2, 0.25) is 0 Å². The van der Waals surface area contributed by atoms with E-state index in [2.05, 4.69) is 110 Å². The summed E-state index contributed by atoms with van der Waals surface area (Å²) in [5.74, 6) is 0.709. The van der Waals surface area contributed by atoms with E-state index in [1.54, 1.807) is 0 Å². The van der Waals surface area contributed by atoms with Crippen LogP contribution in [0, 0.1) is 5.92 Å². The van der Waals surface area contributed by atoms with Gasteiger partial charge in [0.05, 0.1) is 6.54 Å². The summed E-state index contributed by atoms with van der Waals surface area (Å²) in [5.41, 5.74) is 7.05. The SMILES string of the molecule is C=C(Cn1cc(-c2ccccc2-c2ccccc2)c2cc(Cl)ccc21)NC(CC)CC(C)CC. The molecule has 0 saturated heterocycles. The van der Waals surface area contributed by atoms with Gasteiger partial charge in [-0.1, -0.05) is 100.0 Å². The highest BCUT2D eigenvalue weighted by molar-refractivity contribution is 6.31. The summed E-state index contributed by atoms with van der Waals surface area (Å²) in [7, 11) is 0. The summed E-state index contributed by atoms with van der Waals surface area (Å²) in [6, 6.07) is 25.8. The first kappa shape index (κ1) is 24.2. The van der Waals surface area contributed by atoms with Crippen LogP contribution in [0.4, 0.5) is 0 Å². The van der Waals surface area contributed by atoms with Gasteiger partial charge in [-0.2, -0.15) is 0 Å². The van der Waals surface area contributed by atoms with Crippen molar-refractivity contribution in [1.82, 2.24) is 9.88 Å². The molecule has 0 fully saturated rings. The third-order valence-electron chi connectivity index (χ3n) is 6.79. The van der Waals surface area contributed by atoms with Crippen molar-refractivity contribution in [2.75, 3.05) is 0 Å². The lowest BCUT2D eigenvalue weighted by atomic mass is 9.94. The Morgan fingerprint density at radius 2 is 1.62 bits per heavy atom. The summed E-state index contributed by atoms with van der Waals surface area (Å²) in [6.07, 6.45) is 5.73. The molecule has 0 radical (unpaired) electrons. The number of benzene rings is 3. The van der Waals surface area contributed by atoms with Gasteiger partial charge in [0.15, 0.2) is 0 Å². The molecule has 2 atom stereocenters. The van der Waals surface area contributed by atoms with E-state index in [1.807, 2.05) is 6.07 Å². The maximum Gasteiger partial charge on any atom is 0.0617 e. The zero-order valence-electron chi connectivity index (χ0n) is 20.5. The van der Waals surface area contributed by atoms with E-state index in [0.29, 0.717) is 12.0 Å². The minimum Gasteiger partial charge on any atom is -0.385 e. The number of aromatic nitrogens is 1. The second-order valence-electron chi connectivity index (χ2n) is 9.35. The minimum absolute atomic E-state index is 0.456. The Bertz CT molecular complexity index is 1260. The van der Waals surface area contributed by atoms with Gasteiger partial charge < -0.3 is 9.88 Å². The van der Waals surface area contributed by atoms with Crippen LogP contribution in [0.15, 0.2) is 91.3 Å². The predicted molar refractivity (Wildman–Crippen MR) is 148 cm³/mol. The van der Waals surface area contributed by atoms with Crippen molar-refractivity contribution in [2.24, 2.45) is 5.92 Å². The molecule has 2 unspecified atom stereocenters. The van der Waals surface area contributed by atoms with Crippen LogP contribution in [0.1, 0.15) is 40.0 Å². The summed E-state index contributed by atoms with van der Waals surface area (Å²) in [4.78, 5) is 0. The number of rotatable bonds is 10. The third kappa shape index (κ3) is 5.39. The van der Waals surface area contributed by atoms with E-state index in [9.17, 15) is 0 Å². The van der Waals surface area contributed by atoms with Crippen LogP contribution >= 0.6 is 11.6 Å². The maximum absolute atomic E-state index is 6.46. The van der Waals surface area contributed by atoms with E-state index in [-0.39, 0.29) is 0 Å². The summed E-state index contributed by atoms with van der Waals surface area (Å²) in [5, 5.41) is 5.61. The van der Waals surface area contributed by atoms with Gasteiger partial charge in [0.25, 0.3) is 0 Å². The van der Waals surface area contributed by atoms with Gasteiger partial charge in [-0.25, -0.2) is 0 Å². The summed E-state index contributed by atoms with van der Waals surface area (Å²) < 4.78 is 2.30. The molecule has 176 valence electrons. The summed E-state index contributed by atoms with van der Waals surface area (Å²) >= 11 is 6.46. The smallest absolute Gasteiger partial charge is 0.0617 e. The Hall–Kier alpha value is -2.97. The van der Waals surface area contributed by atoms with Crippen molar-refractivity contribution >= 4 is 22.5 Å². The quantitative estimate of drug-likeness (QED) is 0.244. The number of hydrogen-bond acceptors (Lipinski definition) is 1. The van der Waals surface area contributed by atoms with Crippen molar-refractivity contribution in [3.05, 3.63) is 96.3 Å². The highest BCUT2D eigenvalue weighted by atomic mass is 35.5. The number of hydrogen-bond donors (Lipinski definition) is 1. The zero-order valence-corrected chi connectivity index (χ0v) is 21.3. The van der Waals surface area contributed by atoms with Crippen molar-refractivity contribution in [1.29, 1.82) is 0 Å². The van der Waals surface area contributed by atoms with Crippen LogP contribution in [-0.4, -0.2) is 10.6 Å². The fourth-order valence-corrected chi connectivity index (χ4v) is 4.89. The molecule has 0 aliphatic rings. The molecule has 1 aromatic heterocycles. The molecule has 3 heteroatoms. The molecule has 0 amide bonds. The van der Waals surface area contributed by atoms with Crippen molar-refractivity contribution in [3.63, 3.8) is 0 Å². The van der Waals surface area contributed by atoms with E-state index >= 15 is 0 Å². The Kier molecular flexibility index (Phi) is 7.80. The number of nitrogens with zero attached hydrogens (tertiary/aromatic N) is 1. The van der Waals surface area contributed by atoms with Crippen LogP contribution in [0.3, 0.4) is 0 Å².